The number of aryl methyl sites for hydroxylation is 1. The third-order valence-electron chi connectivity index (χ3n) is 8.80. The monoisotopic (exact) mass is 523 g/mol. The lowest BCUT2D eigenvalue weighted by Gasteiger charge is -2.52. The highest BCUT2D eigenvalue weighted by Gasteiger charge is 2.68. The molecule has 1 saturated heterocycles. The molecular formula is C33H25N5O2. The van der Waals surface area contributed by atoms with Crippen molar-refractivity contribution in [1.29, 1.82) is 0 Å². The van der Waals surface area contributed by atoms with Crippen molar-refractivity contribution in [2.75, 3.05) is 10.3 Å². The lowest BCUT2D eigenvalue weighted by Crippen LogP contribution is -2.54. The Morgan fingerprint density at radius 2 is 1.50 bits per heavy atom. The second-order valence-corrected chi connectivity index (χ2v) is 10.8. The SMILES string of the molecule is Cc1ccc(N2C(=O)[C@@H]3[C@@H](C2=O)C2c4ccccc4C3(/C=N\Nc3nc4ccccc4[nH]3)c3ccccc32)cc1. The zero-order valence-electron chi connectivity index (χ0n) is 21.7. The van der Waals surface area contributed by atoms with E-state index in [0.717, 1.165) is 38.9 Å². The summed E-state index contributed by atoms with van der Waals surface area (Å²) < 4.78 is 0. The third kappa shape index (κ3) is 2.94. The molecule has 1 aliphatic heterocycles. The van der Waals surface area contributed by atoms with Crippen LogP contribution in [0.15, 0.2) is 102 Å². The summed E-state index contributed by atoms with van der Waals surface area (Å²) in [5.41, 5.74) is 9.72. The van der Waals surface area contributed by atoms with Gasteiger partial charge in [0.05, 0.1) is 34.0 Å². The number of hydrazone groups is 1. The molecule has 2 heterocycles. The van der Waals surface area contributed by atoms with Gasteiger partial charge in [0.2, 0.25) is 17.8 Å². The molecule has 2 amide bonds. The van der Waals surface area contributed by atoms with Crippen LogP contribution in [-0.2, 0) is 15.0 Å². The fraction of sp³-hybridized carbons (Fsp3) is 0.152. The molecule has 0 radical (unpaired) electrons. The first-order valence-corrected chi connectivity index (χ1v) is 13.5. The molecule has 5 aromatic rings. The van der Waals surface area contributed by atoms with Gasteiger partial charge in [0.15, 0.2) is 0 Å². The van der Waals surface area contributed by atoms with Crippen LogP contribution in [0.3, 0.4) is 0 Å². The number of benzene rings is 4. The molecule has 4 aliphatic rings. The molecular weight excluding hydrogens is 498 g/mol. The van der Waals surface area contributed by atoms with Crippen LogP contribution in [0.5, 0.6) is 0 Å². The normalized spacial score (nSPS) is 24.4. The number of fused-ring (bicyclic) bond motifs is 1. The maximum atomic E-state index is 14.4. The van der Waals surface area contributed by atoms with Crippen LogP contribution in [0.25, 0.3) is 11.0 Å². The van der Waals surface area contributed by atoms with Gasteiger partial charge in [-0.15, -0.1) is 0 Å². The molecule has 4 aromatic carbocycles. The minimum atomic E-state index is -0.933. The minimum Gasteiger partial charge on any atom is -0.323 e. The summed E-state index contributed by atoms with van der Waals surface area (Å²) in [6, 6.07) is 31.7. The number of hydrogen-bond acceptors (Lipinski definition) is 5. The number of carbonyl (C=O) groups is 2. The Morgan fingerprint density at radius 3 is 2.20 bits per heavy atom. The number of H-pyrrole nitrogens is 1. The topological polar surface area (TPSA) is 90.4 Å². The maximum Gasteiger partial charge on any atom is 0.239 e. The second kappa shape index (κ2) is 8.23. The van der Waals surface area contributed by atoms with Crippen LogP contribution in [0.2, 0.25) is 0 Å². The lowest BCUT2D eigenvalue weighted by atomic mass is 9.47. The van der Waals surface area contributed by atoms with E-state index in [1.807, 2.05) is 85.9 Å². The number of amides is 2. The average molecular weight is 524 g/mol. The molecule has 0 spiro atoms. The number of rotatable bonds is 4. The van der Waals surface area contributed by atoms with Crippen LogP contribution in [0.4, 0.5) is 11.6 Å². The van der Waals surface area contributed by atoms with Crippen molar-refractivity contribution < 1.29 is 9.59 Å². The molecule has 9 rings (SSSR count). The van der Waals surface area contributed by atoms with E-state index in [1.165, 1.54) is 4.90 Å². The highest BCUT2D eigenvalue weighted by atomic mass is 16.2. The predicted octanol–water partition coefficient (Wildman–Crippen LogP) is 5.52. The van der Waals surface area contributed by atoms with E-state index < -0.39 is 17.3 Å². The Morgan fingerprint density at radius 1 is 0.850 bits per heavy atom. The highest BCUT2D eigenvalue weighted by molar-refractivity contribution is 6.25. The van der Waals surface area contributed by atoms with Crippen molar-refractivity contribution in [2.24, 2.45) is 16.9 Å². The number of para-hydroxylation sites is 2. The van der Waals surface area contributed by atoms with Crippen LogP contribution in [-0.4, -0.2) is 28.0 Å². The van der Waals surface area contributed by atoms with Gasteiger partial charge in [-0.3, -0.25) is 9.59 Å². The van der Waals surface area contributed by atoms with Gasteiger partial charge in [-0.2, -0.15) is 5.10 Å². The van der Waals surface area contributed by atoms with E-state index in [2.05, 4.69) is 39.7 Å². The van der Waals surface area contributed by atoms with Gasteiger partial charge in [-0.1, -0.05) is 78.4 Å². The molecule has 1 aromatic heterocycles. The Bertz CT molecular complexity index is 1790. The number of imide groups is 1. The zero-order chi connectivity index (χ0) is 27.0. The lowest BCUT2D eigenvalue weighted by molar-refractivity contribution is -0.122. The van der Waals surface area contributed by atoms with Crippen molar-refractivity contribution in [3.8, 4) is 0 Å². The van der Waals surface area contributed by atoms with Crippen molar-refractivity contribution in [2.45, 2.75) is 18.3 Å². The fourth-order valence-corrected chi connectivity index (χ4v) is 7.20. The van der Waals surface area contributed by atoms with Crippen molar-refractivity contribution in [3.05, 3.63) is 125 Å². The molecule has 2 N–H and O–H groups in total. The van der Waals surface area contributed by atoms with Gasteiger partial charge in [-0.05, 0) is 53.4 Å². The zero-order valence-corrected chi connectivity index (χ0v) is 21.7. The summed E-state index contributed by atoms with van der Waals surface area (Å²) >= 11 is 0. The van der Waals surface area contributed by atoms with E-state index in [-0.39, 0.29) is 17.7 Å². The number of aromatic amines is 1. The van der Waals surface area contributed by atoms with Crippen LogP contribution < -0.4 is 10.3 Å². The number of anilines is 2. The summed E-state index contributed by atoms with van der Waals surface area (Å²) in [5, 5.41) is 4.70. The molecule has 2 bridgehead atoms. The molecule has 194 valence electrons. The molecule has 0 saturated carbocycles. The third-order valence-corrected chi connectivity index (χ3v) is 8.80. The van der Waals surface area contributed by atoms with Crippen molar-refractivity contribution >= 4 is 40.7 Å². The molecule has 1 fully saturated rings. The average Bonchev–Trinajstić information content (AvgIpc) is 3.52. The van der Waals surface area contributed by atoms with E-state index in [0.29, 0.717) is 11.6 Å². The van der Waals surface area contributed by atoms with Gasteiger partial charge in [0.1, 0.15) is 0 Å². The largest absolute Gasteiger partial charge is 0.323 e. The van der Waals surface area contributed by atoms with Gasteiger partial charge >= 0.3 is 0 Å². The van der Waals surface area contributed by atoms with Crippen LogP contribution in [0.1, 0.15) is 33.7 Å². The number of imidazole rings is 1. The predicted molar refractivity (Wildman–Crippen MR) is 154 cm³/mol. The number of carbonyl (C=O) groups excluding carboxylic acids is 2. The number of hydrogen-bond donors (Lipinski definition) is 2. The van der Waals surface area contributed by atoms with Crippen LogP contribution >= 0.6 is 0 Å². The number of nitrogens with zero attached hydrogens (tertiary/aromatic N) is 3. The van der Waals surface area contributed by atoms with Gasteiger partial charge in [0.25, 0.3) is 0 Å². The first kappa shape index (κ1) is 22.9. The van der Waals surface area contributed by atoms with Gasteiger partial charge < -0.3 is 4.98 Å². The Kier molecular flexibility index (Phi) is 4.71. The standard InChI is InChI=1S/C33H25N5O2/c1-19-14-16-20(17-15-19)38-30(39)28-27-21-8-2-4-10-23(21)33(29(28)31(38)40,24-11-5-3-9-22(24)27)18-34-37-32-35-25-12-6-7-13-26(25)36-32/h2-18,27-29H,1H3,(H2,35,36,37)/b34-18-/t27?,28-,29-,33?/m0/s1. The van der Waals surface area contributed by atoms with E-state index in [4.69, 9.17) is 5.10 Å². The van der Waals surface area contributed by atoms with Crippen molar-refractivity contribution in [1.82, 2.24) is 9.97 Å². The molecule has 2 atom stereocenters. The first-order valence-electron chi connectivity index (χ1n) is 13.5. The summed E-state index contributed by atoms with van der Waals surface area (Å²) in [5.74, 6) is -1.21. The number of aromatic nitrogens is 2. The van der Waals surface area contributed by atoms with E-state index in [1.54, 1.807) is 0 Å². The maximum absolute atomic E-state index is 14.4. The quantitative estimate of drug-likeness (QED) is 0.184. The van der Waals surface area contributed by atoms with Crippen LogP contribution in [0, 0.1) is 18.8 Å². The Hall–Kier alpha value is -5.04. The molecule has 3 aliphatic carbocycles. The highest BCUT2D eigenvalue weighted by Crippen LogP contribution is 2.63. The summed E-state index contributed by atoms with van der Waals surface area (Å²) in [4.78, 5) is 37.8. The molecule has 40 heavy (non-hydrogen) atoms. The van der Waals surface area contributed by atoms with E-state index >= 15 is 0 Å². The second-order valence-electron chi connectivity index (χ2n) is 10.8. The summed E-state index contributed by atoms with van der Waals surface area (Å²) in [6.07, 6.45) is 1.83. The summed E-state index contributed by atoms with van der Waals surface area (Å²) in [6.45, 7) is 1.99. The molecule has 0 unspecified atom stereocenters. The van der Waals surface area contributed by atoms with E-state index in [9.17, 15) is 9.59 Å². The number of nitrogens with one attached hydrogen (secondary N) is 2. The van der Waals surface area contributed by atoms with Gasteiger partial charge in [0, 0.05) is 12.1 Å². The summed E-state index contributed by atoms with van der Waals surface area (Å²) in [7, 11) is 0. The molecule has 7 heteroatoms. The minimum absolute atomic E-state index is 0.157. The first-order chi connectivity index (χ1) is 19.6. The Balaban J connectivity index is 1.32. The Labute approximate surface area is 230 Å². The van der Waals surface area contributed by atoms with Gasteiger partial charge in [-0.25, -0.2) is 15.3 Å². The molecule has 7 nitrogen and oxygen atoms in total. The smallest absolute Gasteiger partial charge is 0.239 e. The fourth-order valence-electron chi connectivity index (χ4n) is 7.20. The van der Waals surface area contributed by atoms with Crippen molar-refractivity contribution in [3.63, 3.8) is 0 Å².